The van der Waals surface area contributed by atoms with Crippen molar-refractivity contribution >= 4 is 17.2 Å². The highest BCUT2D eigenvalue weighted by Gasteiger charge is 2.21. The van der Waals surface area contributed by atoms with E-state index >= 15 is 0 Å². The van der Waals surface area contributed by atoms with E-state index in [4.69, 9.17) is 5.73 Å². The van der Waals surface area contributed by atoms with E-state index < -0.39 is 0 Å². The number of nitrogens with zero attached hydrogens (tertiary/aromatic N) is 3. The first-order valence-electron chi connectivity index (χ1n) is 7.02. The van der Waals surface area contributed by atoms with Crippen molar-refractivity contribution in [3.8, 4) is 16.5 Å². The Morgan fingerprint density at radius 2 is 2.38 bits per heavy atom. The van der Waals surface area contributed by atoms with E-state index in [2.05, 4.69) is 21.4 Å². The van der Waals surface area contributed by atoms with Gasteiger partial charge in [0.15, 0.2) is 0 Å². The fourth-order valence-electron chi connectivity index (χ4n) is 2.76. The van der Waals surface area contributed by atoms with Gasteiger partial charge >= 0.3 is 0 Å². The topological polar surface area (TPSA) is 87.6 Å². The number of hydrogen-bond donors (Lipinski definition) is 2. The highest BCUT2D eigenvalue weighted by atomic mass is 32.1. The molecule has 3 rings (SSSR count). The van der Waals surface area contributed by atoms with Gasteiger partial charge in [0.1, 0.15) is 17.5 Å². The van der Waals surface area contributed by atoms with Gasteiger partial charge in [-0.15, -0.1) is 11.3 Å². The second-order valence-electron chi connectivity index (χ2n) is 5.28. The molecule has 2 aromatic heterocycles. The van der Waals surface area contributed by atoms with Crippen LogP contribution in [0.25, 0.3) is 10.4 Å². The van der Waals surface area contributed by atoms with Crippen LogP contribution < -0.4 is 11.1 Å². The standard InChI is InChI=1S/C15H17N5S/c1-9-14(21-8-19-9)11-5-13(10-3-2-4-18-7-10)20-15(17)12(11)6-16/h5,8,10,18H,2-4,7H2,1H3,(H2,17,20). The molecule has 108 valence electrons. The molecule has 0 radical (unpaired) electrons. The SMILES string of the molecule is Cc1ncsc1-c1cc(C2CCCNC2)nc(N)c1C#N. The molecule has 0 amide bonds. The number of nitriles is 1. The highest BCUT2D eigenvalue weighted by Crippen LogP contribution is 2.35. The summed E-state index contributed by atoms with van der Waals surface area (Å²) in [4.78, 5) is 9.75. The van der Waals surface area contributed by atoms with Gasteiger partial charge in [0, 0.05) is 23.7 Å². The first-order valence-corrected chi connectivity index (χ1v) is 7.90. The van der Waals surface area contributed by atoms with Gasteiger partial charge < -0.3 is 11.1 Å². The maximum Gasteiger partial charge on any atom is 0.142 e. The van der Waals surface area contributed by atoms with Gasteiger partial charge in [-0.25, -0.2) is 9.97 Å². The predicted octanol–water partition coefficient (Wildman–Crippen LogP) is 2.43. The van der Waals surface area contributed by atoms with E-state index in [1.54, 1.807) is 5.51 Å². The lowest BCUT2D eigenvalue weighted by molar-refractivity contribution is 0.455. The number of hydrogen-bond acceptors (Lipinski definition) is 6. The molecular weight excluding hydrogens is 282 g/mol. The summed E-state index contributed by atoms with van der Waals surface area (Å²) in [5.41, 5.74) is 11.0. The van der Waals surface area contributed by atoms with E-state index in [-0.39, 0.29) is 0 Å². The van der Waals surface area contributed by atoms with Crippen LogP contribution in [0.2, 0.25) is 0 Å². The smallest absolute Gasteiger partial charge is 0.142 e. The van der Waals surface area contributed by atoms with Crippen molar-refractivity contribution < 1.29 is 0 Å². The van der Waals surface area contributed by atoms with Crippen molar-refractivity contribution in [2.45, 2.75) is 25.7 Å². The van der Waals surface area contributed by atoms with Gasteiger partial charge in [0.25, 0.3) is 0 Å². The van der Waals surface area contributed by atoms with Crippen molar-refractivity contribution in [3.63, 3.8) is 0 Å². The number of piperidine rings is 1. The Kier molecular flexibility index (Phi) is 3.86. The number of aryl methyl sites for hydroxylation is 1. The van der Waals surface area contributed by atoms with Crippen LogP contribution in [0.4, 0.5) is 5.82 Å². The molecule has 0 aromatic carbocycles. The third-order valence-corrected chi connectivity index (χ3v) is 4.85. The monoisotopic (exact) mass is 299 g/mol. The Balaban J connectivity index is 2.11. The van der Waals surface area contributed by atoms with Crippen LogP contribution in [0.3, 0.4) is 0 Å². The van der Waals surface area contributed by atoms with E-state index in [9.17, 15) is 5.26 Å². The van der Waals surface area contributed by atoms with E-state index in [1.807, 2.05) is 13.0 Å². The molecule has 1 fully saturated rings. The molecule has 6 heteroatoms. The summed E-state index contributed by atoms with van der Waals surface area (Å²) >= 11 is 1.54. The Bertz CT molecular complexity index is 695. The highest BCUT2D eigenvalue weighted by molar-refractivity contribution is 7.13. The van der Waals surface area contributed by atoms with Crippen molar-refractivity contribution in [3.05, 3.63) is 28.5 Å². The molecule has 21 heavy (non-hydrogen) atoms. The molecule has 1 atom stereocenters. The number of aromatic nitrogens is 2. The zero-order valence-electron chi connectivity index (χ0n) is 11.9. The van der Waals surface area contributed by atoms with Crippen molar-refractivity contribution in [2.75, 3.05) is 18.8 Å². The third kappa shape index (κ3) is 2.62. The Morgan fingerprint density at radius 3 is 3.00 bits per heavy atom. The molecule has 0 bridgehead atoms. The maximum atomic E-state index is 9.39. The number of nitrogen functional groups attached to an aromatic ring is 1. The molecule has 1 aliphatic rings. The summed E-state index contributed by atoms with van der Waals surface area (Å²) in [6.45, 7) is 3.92. The minimum absolute atomic E-state index is 0.323. The van der Waals surface area contributed by atoms with Crippen LogP contribution >= 0.6 is 11.3 Å². The minimum atomic E-state index is 0.323. The fraction of sp³-hybridized carbons (Fsp3) is 0.400. The average Bonchev–Trinajstić information content (AvgIpc) is 2.93. The van der Waals surface area contributed by atoms with Gasteiger partial charge in [-0.05, 0) is 32.4 Å². The molecule has 1 aliphatic heterocycles. The van der Waals surface area contributed by atoms with E-state index in [1.165, 1.54) is 11.3 Å². The lowest BCUT2D eigenvalue weighted by atomic mass is 9.93. The third-order valence-electron chi connectivity index (χ3n) is 3.88. The van der Waals surface area contributed by atoms with Crippen LogP contribution in [0.5, 0.6) is 0 Å². The van der Waals surface area contributed by atoms with Crippen molar-refractivity contribution in [1.29, 1.82) is 5.26 Å². The van der Waals surface area contributed by atoms with Crippen LogP contribution in [0.1, 0.15) is 35.7 Å². The number of anilines is 1. The van der Waals surface area contributed by atoms with Crippen LogP contribution in [-0.2, 0) is 0 Å². The zero-order valence-corrected chi connectivity index (χ0v) is 12.7. The first-order chi connectivity index (χ1) is 10.2. The number of rotatable bonds is 2. The van der Waals surface area contributed by atoms with Gasteiger partial charge in [-0.2, -0.15) is 5.26 Å². The molecule has 1 saturated heterocycles. The van der Waals surface area contributed by atoms with Gasteiger partial charge in [0.05, 0.1) is 16.1 Å². The van der Waals surface area contributed by atoms with Crippen LogP contribution in [-0.4, -0.2) is 23.1 Å². The fourth-order valence-corrected chi connectivity index (χ4v) is 3.58. The lowest BCUT2D eigenvalue weighted by Gasteiger charge is -2.23. The molecule has 0 spiro atoms. The normalized spacial score (nSPS) is 18.4. The van der Waals surface area contributed by atoms with E-state index in [0.717, 1.165) is 47.8 Å². The molecule has 0 saturated carbocycles. The minimum Gasteiger partial charge on any atom is -0.383 e. The quantitative estimate of drug-likeness (QED) is 0.889. The maximum absolute atomic E-state index is 9.39. The number of thiazole rings is 1. The van der Waals surface area contributed by atoms with Gasteiger partial charge in [0.2, 0.25) is 0 Å². The summed E-state index contributed by atoms with van der Waals surface area (Å²) < 4.78 is 0. The summed E-state index contributed by atoms with van der Waals surface area (Å²) in [5, 5.41) is 12.8. The molecule has 3 heterocycles. The molecule has 0 aliphatic carbocycles. The van der Waals surface area contributed by atoms with E-state index in [0.29, 0.717) is 17.3 Å². The first kappa shape index (κ1) is 14.0. The van der Waals surface area contributed by atoms with Gasteiger partial charge in [-0.3, -0.25) is 0 Å². The molecule has 5 nitrogen and oxygen atoms in total. The molecular formula is C15H17N5S. The Hall–Kier alpha value is -1.97. The second kappa shape index (κ2) is 5.80. The van der Waals surface area contributed by atoms with Crippen molar-refractivity contribution in [1.82, 2.24) is 15.3 Å². The number of nitrogens with two attached hydrogens (primary N) is 1. The van der Waals surface area contributed by atoms with Crippen LogP contribution in [0.15, 0.2) is 11.6 Å². The average molecular weight is 299 g/mol. The summed E-state index contributed by atoms with van der Waals surface area (Å²) in [7, 11) is 0. The van der Waals surface area contributed by atoms with Gasteiger partial charge in [-0.1, -0.05) is 0 Å². The molecule has 2 aromatic rings. The number of pyridine rings is 1. The van der Waals surface area contributed by atoms with Crippen LogP contribution in [0, 0.1) is 18.3 Å². The summed E-state index contributed by atoms with van der Waals surface area (Å²) in [6, 6.07) is 4.21. The zero-order chi connectivity index (χ0) is 14.8. The molecule has 3 N–H and O–H groups in total. The predicted molar refractivity (Wildman–Crippen MR) is 84.1 cm³/mol. The molecule has 1 unspecified atom stereocenters. The Labute approximate surface area is 127 Å². The van der Waals surface area contributed by atoms with Crippen molar-refractivity contribution in [2.24, 2.45) is 0 Å². The second-order valence-corrected chi connectivity index (χ2v) is 6.13. The number of nitrogens with one attached hydrogen (secondary N) is 1. The summed E-state index contributed by atoms with van der Waals surface area (Å²) in [6.07, 6.45) is 2.24. The largest absolute Gasteiger partial charge is 0.383 e. The summed E-state index contributed by atoms with van der Waals surface area (Å²) in [5.74, 6) is 0.684. The lowest BCUT2D eigenvalue weighted by Crippen LogP contribution is -2.29. The Morgan fingerprint density at radius 1 is 1.52 bits per heavy atom.